The molecular formula is C10H18N4O2S. The summed E-state index contributed by atoms with van der Waals surface area (Å²) < 4.78 is 22.0. The number of sulfonamides is 1. The molecule has 0 amide bonds. The molecule has 0 spiro atoms. The number of nitrogens with one attached hydrogen (secondary N) is 1. The molecule has 0 aliphatic rings. The fraction of sp³-hybridized carbons (Fsp3) is 0.500. The molecule has 5 N–H and O–H groups in total. The third-order valence-corrected chi connectivity index (χ3v) is 3.15. The molecule has 0 atom stereocenters. The van der Waals surface area contributed by atoms with Crippen LogP contribution in [0.25, 0.3) is 0 Å². The third kappa shape index (κ3) is 5.12. The van der Waals surface area contributed by atoms with E-state index < -0.39 is 10.0 Å². The second-order valence-corrected chi connectivity index (χ2v) is 5.26. The largest absolute Gasteiger partial charge is 0.370 e. The minimum atomic E-state index is -3.66. The molecule has 7 heteroatoms. The Morgan fingerprint density at radius 1 is 1.24 bits per heavy atom. The van der Waals surface area contributed by atoms with E-state index in [1.54, 1.807) is 6.07 Å². The summed E-state index contributed by atoms with van der Waals surface area (Å²) in [6.07, 6.45) is 4.34. The minimum absolute atomic E-state index is 0.0196. The molecule has 1 aromatic rings. The number of primary sulfonamides is 1. The van der Waals surface area contributed by atoms with Gasteiger partial charge in [0.25, 0.3) is 0 Å². The van der Waals surface area contributed by atoms with Crippen molar-refractivity contribution in [2.45, 2.75) is 24.2 Å². The van der Waals surface area contributed by atoms with Crippen LogP contribution < -0.4 is 16.2 Å². The first kappa shape index (κ1) is 13.9. The highest BCUT2D eigenvalue weighted by atomic mass is 32.2. The molecule has 0 fully saturated rings. The van der Waals surface area contributed by atoms with Gasteiger partial charge in [-0.3, -0.25) is 0 Å². The Kier molecular flexibility index (Phi) is 5.33. The van der Waals surface area contributed by atoms with Gasteiger partial charge in [-0.15, -0.1) is 0 Å². The van der Waals surface area contributed by atoms with Crippen molar-refractivity contribution < 1.29 is 8.42 Å². The molecule has 96 valence electrons. The summed E-state index contributed by atoms with van der Waals surface area (Å²) in [5.74, 6) is 0.644. The van der Waals surface area contributed by atoms with E-state index in [1.807, 2.05) is 0 Å². The molecule has 0 bridgehead atoms. The predicted molar refractivity (Wildman–Crippen MR) is 67.0 cm³/mol. The maximum atomic E-state index is 11.0. The highest BCUT2D eigenvalue weighted by molar-refractivity contribution is 7.89. The molecule has 0 unspecified atom stereocenters. The predicted octanol–water partition coefficient (Wildman–Crippen LogP) is 0.270. The van der Waals surface area contributed by atoms with Crippen molar-refractivity contribution in [3.05, 3.63) is 18.3 Å². The molecule has 0 aromatic carbocycles. The van der Waals surface area contributed by atoms with Crippen LogP contribution in [0.3, 0.4) is 0 Å². The highest BCUT2D eigenvalue weighted by Crippen LogP contribution is 2.08. The van der Waals surface area contributed by atoms with Crippen LogP contribution in [0.5, 0.6) is 0 Å². The smallest absolute Gasteiger partial charge is 0.239 e. The quantitative estimate of drug-likeness (QED) is 0.608. The molecular weight excluding hydrogens is 240 g/mol. The lowest BCUT2D eigenvalue weighted by Gasteiger charge is -2.05. The Morgan fingerprint density at radius 3 is 2.53 bits per heavy atom. The van der Waals surface area contributed by atoms with Crippen molar-refractivity contribution in [2.24, 2.45) is 10.9 Å². The Balaban J connectivity index is 2.41. The van der Waals surface area contributed by atoms with E-state index >= 15 is 0 Å². The molecule has 6 nitrogen and oxygen atoms in total. The normalized spacial score (nSPS) is 11.4. The maximum Gasteiger partial charge on any atom is 0.239 e. The molecule has 0 saturated carbocycles. The van der Waals surface area contributed by atoms with Crippen molar-refractivity contribution in [1.29, 1.82) is 0 Å². The maximum absolute atomic E-state index is 11.0. The van der Waals surface area contributed by atoms with Gasteiger partial charge >= 0.3 is 0 Å². The number of hydrogen-bond donors (Lipinski definition) is 3. The highest BCUT2D eigenvalue weighted by Gasteiger charge is 2.07. The number of nitrogens with zero attached hydrogens (tertiary/aromatic N) is 1. The Labute approximate surface area is 101 Å². The van der Waals surface area contributed by atoms with E-state index in [0.717, 1.165) is 25.8 Å². The lowest BCUT2D eigenvalue weighted by Crippen LogP contribution is -2.12. The molecule has 1 heterocycles. The van der Waals surface area contributed by atoms with Gasteiger partial charge in [-0.1, -0.05) is 6.42 Å². The lowest BCUT2D eigenvalue weighted by molar-refractivity contribution is 0.597. The summed E-state index contributed by atoms with van der Waals surface area (Å²) in [6.45, 7) is 1.50. The van der Waals surface area contributed by atoms with Crippen molar-refractivity contribution in [3.8, 4) is 0 Å². The molecule has 0 saturated heterocycles. The van der Waals surface area contributed by atoms with Crippen molar-refractivity contribution in [2.75, 3.05) is 18.4 Å². The number of rotatable bonds is 7. The van der Waals surface area contributed by atoms with Gasteiger partial charge in [0.2, 0.25) is 10.0 Å². The number of aromatic nitrogens is 1. The minimum Gasteiger partial charge on any atom is -0.370 e. The van der Waals surface area contributed by atoms with E-state index in [-0.39, 0.29) is 4.90 Å². The summed E-state index contributed by atoms with van der Waals surface area (Å²) in [7, 11) is -3.66. The summed E-state index contributed by atoms with van der Waals surface area (Å²) in [4.78, 5) is 3.99. The molecule has 0 aliphatic carbocycles. The summed E-state index contributed by atoms with van der Waals surface area (Å²) in [5.41, 5.74) is 5.38. The zero-order valence-electron chi connectivity index (χ0n) is 9.59. The van der Waals surface area contributed by atoms with Crippen LogP contribution in [-0.2, 0) is 10.0 Å². The molecule has 0 aliphatic heterocycles. The SMILES string of the molecule is NCCCCCNc1ccc(S(N)(=O)=O)cn1. The topological polar surface area (TPSA) is 111 Å². The van der Waals surface area contributed by atoms with Crippen molar-refractivity contribution in [1.82, 2.24) is 4.98 Å². The van der Waals surface area contributed by atoms with E-state index in [1.165, 1.54) is 12.3 Å². The number of anilines is 1. The van der Waals surface area contributed by atoms with Gasteiger partial charge in [0.1, 0.15) is 10.7 Å². The van der Waals surface area contributed by atoms with E-state index in [4.69, 9.17) is 10.9 Å². The zero-order chi connectivity index (χ0) is 12.7. The van der Waals surface area contributed by atoms with Gasteiger partial charge in [-0.2, -0.15) is 0 Å². The third-order valence-electron chi connectivity index (χ3n) is 2.25. The van der Waals surface area contributed by atoms with Gasteiger partial charge in [0, 0.05) is 12.7 Å². The van der Waals surface area contributed by atoms with Gasteiger partial charge in [0.05, 0.1) is 0 Å². The zero-order valence-corrected chi connectivity index (χ0v) is 10.4. The van der Waals surface area contributed by atoms with E-state index in [2.05, 4.69) is 10.3 Å². The van der Waals surface area contributed by atoms with E-state index in [0.29, 0.717) is 12.4 Å². The molecule has 0 radical (unpaired) electrons. The average molecular weight is 258 g/mol. The van der Waals surface area contributed by atoms with Crippen LogP contribution in [0.2, 0.25) is 0 Å². The Hall–Kier alpha value is -1.18. The second-order valence-electron chi connectivity index (χ2n) is 3.70. The van der Waals surface area contributed by atoms with Crippen LogP contribution in [0.15, 0.2) is 23.2 Å². The Bertz CT molecular complexity index is 430. The van der Waals surface area contributed by atoms with Crippen LogP contribution in [0.1, 0.15) is 19.3 Å². The first-order valence-electron chi connectivity index (χ1n) is 5.47. The Morgan fingerprint density at radius 2 is 2.00 bits per heavy atom. The second kappa shape index (κ2) is 6.53. The van der Waals surface area contributed by atoms with Gasteiger partial charge < -0.3 is 11.1 Å². The van der Waals surface area contributed by atoms with Crippen LogP contribution >= 0.6 is 0 Å². The standard InChI is InChI=1S/C10H18N4O2S/c11-6-2-1-3-7-13-10-5-4-9(8-14-10)17(12,15)16/h4-5,8H,1-3,6-7,11H2,(H,13,14)(H2,12,15,16). The van der Waals surface area contributed by atoms with Crippen LogP contribution in [0.4, 0.5) is 5.82 Å². The van der Waals surface area contributed by atoms with Crippen LogP contribution in [0, 0.1) is 0 Å². The molecule has 1 aromatic heterocycles. The number of pyridine rings is 1. The fourth-order valence-corrected chi connectivity index (χ4v) is 1.77. The first-order valence-corrected chi connectivity index (χ1v) is 7.01. The number of nitrogens with two attached hydrogens (primary N) is 2. The molecule has 1 rings (SSSR count). The lowest BCUT2D eigenvalue weighted by atomic mass is 10.2. The monoisotopic (exact) mass is 258 g/mol. The fourth-order valence-electron chi connectivity index (χ4n) is 1.32. The van der Waals surface area contributed by atoms with E-state index in [9.17, 15) is 8.42 Å². The van der Waals surface area contributed by atoms with Gasteiger partial charge in [-0.25, -0.2) is 18.5 Å². The number of unbranched alkanes of at least 4 members (excludes halogenated alkanes) is 2. The summed E-state index contributed by atoms with van der Waals surface area (Å²) in [6, 6.07) is 3.03. The molecule has 17 heavy (non-hydrogen) atoms. The number of hydrogen-bond acceptors (Lipinski definition) is 5. The van der Waals surface area contributed by atoms with Crippen LogP contribution in [-0.4, -0.2) is 26.5 Å². The first-order chi connectivity index (χ1) is 8.04. The van der Waals surface area contributed by atoms with Crippen molar-refractivity contribution in [3.63, 3.8) is 0 Å². The van der Waals surface area contributed by atoms with Gasteiger partial charge in [-0.05, 0) is 31.5 Å². The van der Waals surface area contributed by atoms with Crippen molar-refractivity contribution >= 4 is 15.8 Å². The van der Waals surface area contributed by atoms with Gasteiger partial charge in [0.15, 0.2) is 0 Å². The summed E-state index contributed by atoms with van der Waals surface area (Å²) >= 11 is 0. The summed E-state index contributed by atoms with van der Waals surface area (Å²) in [5, 5.41) is 8.06. The average Bonchev–Trinajstić information content (AvgIpc) is 2.28.